The molecule has 0 fully saturated rings. The van der Waals surface area contributed by atoms with Crippen LogP contribution >= 0.6 is 22.9 Å². The van der Waals surface area contributed by atoms with Crippen molar-refractivity contribution in [1.82, 2.24) is 4.57 Å². The fraction of sp³-hybridized carbons (Fsp3) is 0.176. The molecule has 3 rings (SSSR count). The number of thiazole rings is 1. The van der Waals surface area contributed by atoms with Crippen molar-refractivity contribution in [3.05, 3.63) is 55.8 Å². The van der Waals surface area contributed by atoms with Crippen molar-refractivity contribution in [2.75, 3.05) is 14.2 Å². The van der Waals surface area contributed by atoms with E-state index in [4.69, 9.17) is 21.1 Å². The molecule has 0 bridgehead atoms. The first-order valence-corrected chi connectivity index (χ1v) is 8.79. The second-order valence-electron chi connectivity index (χ2n) is 5.45. The van der Waals surface area contributed by atoms with Gasteiger partial charge in [-0.15, -0.1) is 0 Å². The van der Waals surface area contributed by atoms with Crippen LogP contribution in [-0.4, -0.2) is 29.6 Å². The molecule has 0 radical (unpaired) electrons. The van der Waals surface area contributed by atoms with Gasteiger partial charge < -0.3 is 14.0 Å². The van der Waals surface area contributed by atoms with Crippen molar-refractivity contribution in [3.8, 4) is 11.5 Å². The first-order chi connectivity index (χ1) is 12.8. The van der Waals surface area contributed by atoms with Crippen LogP contribution in [0, 0.1) is 10.1 Å². The molecule has 0 N–H and O–H groups in total. The molecule has 10 heteroatoms. The van der Waals surface area contributed by atoms with Crippen LogP contribution in [0.3, 0.4) is 0 Å². The molecule has 2 aromatic carbocycles. The predicted molar refractivity (Wildman–Crippen MR) is 102 cm³/mol. The number of carbonyl (C=O) groups excluding carboxylic acids is 1. The van der Waals surface area contributed by atoms with Gasteiger partial charge in [-0.05, 0) is 12.1 Å². The van der Waals surface area contributed by atoms with E-state index in [1.807, 2.05) is 0 Å². The first kappa shape index (κ1) is 18.9. The van der Waals surface area contributed by atoms with E-state index in [0.717, 1.165) is 10.2 Å². The number of halogens is 1. The van der Waals surface area contributed by atoms with Crippen LogP contribution in [0.25, 0.3) is 10.2 Å². The SMILES string of the molecule is COc1cc2sc(=NC(=O)c3cc(Cl)ccc3[N+](=O)[O-])n(C)c2cc1OC. The minimum Gasteiger partial charge on any atom is -0.493 e. The standard InChI is InChI=1S/C17H14ClN3O5S/c1-20-12-7-13(25-2)14(26-3)8-15(12)27-17(20)19-16(22)10-6-9(18)4-5-11(10)21(23)24/h4-8H,1-3H3. The van der Waals surface area contributed by atoms with Crippen molar-refractivity contribution >= 4 is 44.7 Å². The summed E-state index contributed by atoms with van der Waals surface area (Å²) in [5.41, 5.74) is 0.269. The molecule has 140 valence electrons. The minimum absolute atomic E-state index is 0.167. The maximum atomic E-state index is 12.6. The molecule has 0 saturated heterocycles. The number of benzene rings is 2. The van der Waals surface area contributed by atoms with E-state index in [1.165, 1.54) is 43.8 Å². The number of ether oxygens (including phenoxy) is 2. The third-order valence-electron chi connectivity index (χ3n) is 3.90. The number of nitro benzene ring substituents is 1. The lowest BCUT2D eigenvalue weighted by Crippen LogP contribution is -2.14. The summed E-state index contributed by atoms with van der Waals surface area (Å²) in [6.07, 6.45) is 0. The van der Waals surface area contributed by atoms with Gasteiger partial charge in [-0.1, -0.05) is 22.9 Å². The topological polar surface area (TPSA) is 96.0 Å². The molecule has 27 heavy (non-hydrogen) atoms. The highest BCUT2D eigenvalue weighted by atomic mass is 35.5. The van der Waals surface area contributed by atoms with Gasteiger partial charge in [0.25, 0.3) is 11.6 Å². The van der Waals surface area contributed by atoms with Crippen molar-refractivity contribution in [2.45, 2.75) is 0 Å². The molecule has 1 amide bonds. The van der Waals surface area contributed by atoms with Gasteiger partial charge in [-0.2, -0.15) is 4.99 Å². The van der Waals surface area contributed by atoms with Crippen LogP contribution in [0.4, 0.5) is 5.69 Å². The van der Waals surface area contributed by atoms with Gasteiger partial charge in [-0.25, -0.2) is 0 Å². The van der Waals surface area contributed by atoms with Crippen LogP contribution < -0.4 is 14.3 Å². The molecule has 1 aromatic heterocycles. The van der Waals surface area contributed by atoms with Crippen molar-refractivity contribution in [1.29, 1.82) is 0 Å². The zero-order valence-electron chi connectivity index (χ0n) is 14.6. The number of hydrogen-bond donors (Lipinski definition) is 0. The zero-order chi connectivity index (χ0) is 19.7. The predicted octanol–water partition coefficient (Wildman–Crippen LogP) is 3.56. The first-order valence-electron chi connectivity index (χ1n) is 7.60. The second-order valence-corrected chi connectivity index (χ2v) is 6.90. The minimum atomic E-state index is -0.745. The molecular weight excluding hydrogens is 394 g/mol. The number of methoxy groups -OCH3 is 2. The molecule has 3 aromatic rings. The second kappa shape index (κ2) is 7.37. The molecule has 0 aliphatic carbocycles. The van der Waals surface area contributed by atoms with Crippen LogP contribution in [0.15, 0.2) is 35.3 Å². The Bertz CT molecular complexity index is 1140. The molecule has 0 aliphatic rings. The number of hydrogen-bond acceptors (Lipinski definition) is 6. The Labute approximate surface area is 162 Å². The molecule has 8 nitrogen and oxygen atoms in total. The Balaban J connectivity index is 2.17. The summed E-state index contributed by atoms with van der Waals surface area (Å²) in [4.78, 5) is 27.6. The van der Waals surface area contributed by atoms with E-state index >= 15 is 0 Å². The summed E-state index contributed by atoms with van der Waals surface area (Å²) >= 11 is 7.14. The summed E-state index contributed by atoms with van der Waals surface area (Å²) in [6.45, 7) is 0. The van der Waals surface area contributed by atoms with Crippen molar-refractivity contribution in [2.24, 2.45) is 12.0 Å². The Morgan fingerprint density at radius 3 is 2.52 bits per heavy atom. The molecule has 0 unspecified atom stereocenters. The fourth-order valence-corrected chi connectivity index (χ4v) is 3.75. The van der Waals surface area contributed by atoms with Gasteiger partial charge >= 0.3 is 0 Å². The quantitative estimate of drug-likeness (QED) is 0.486. The number of nitrogens with zero attached hydrogens (tertiary/aromatic N) is 3. The average Bonchev–Trinajstić information content (AvgIpc) is 2.94. The van der Waals surface area contributed by atoms with E-state index in [-0.39, 0.29) is 16.3 Å². The Kier molecular flexibility index (Phi) is 5.15. The number of rotatable bonds is 4. The normalized spacial score (nSPS) is 11.6. The summed E-state index contributed by atoms with van der Waals surface area (Å²) in [5.74, 6) is 0.349. The summed E-state index contributed by atoms with van der Waals surface area (Å²) < 4.78 is 13.1. The highest BCUT2D eigenvalue weighted by Crippen LogP contribution is 2.33. The van der Waals surface area contributed by atoms with Crippen LogP contribution in [-0.2, 0) is 7.05 Å². The summed E-state index contributed by atoms with van der Waals surface area (Å²) in [7, 11) is 4.80. The molecule has 0 spiro atoms. The van der Waals surface area contributed by atoms with Crippen LogP contribution in [0.5, 0.6) is 11.5 Å². The fourth-order valence-electron chi connectivity index (χ4n) is 2.55. The van der Waals surface area contributed by atoms with E-state index in [9.17, 15) is 14.9 Å². The third kappa shape index (κ3) is 3.51. The number of amides is 1. The molecule has 0 atom stereocenters. The summed E-state index contributed by atoms with van der Waals surface area (Å²) in [5, 5.41) is 11.4. The number of fused-ring (bicyclic) bond motifs is 1. The van der Waals surface area contributed by atoms with Gasteiger partial charge in [-0.3, -0.25) is 14.9 Å². The Hall–Kier alpha value is -2.91. The highest BCUT2D eigenvalue weighted by Gasteiger charge is 2.20. The van der Waals surface area contributed by atoms with Crippen molar-refractivity contribution < 1.29 is 19.2 Å². The Morgan fingerprint density at radius 2 is 1.89 bits per heavy atom. The Morgan fingerprint density at radius 1 is 1.22 bits per heavy atom. The maximum absolute atomic E-state index is 12.6. The van der Waals surface area contributed by atoms with Gasteiger partial charge in [0.1, 0.15) is 5.56 Å². The largest absolute Gasteiger partial charge is 0.493 e. The number of aryl methyl sites for hydroxylation is 1. The van der Waals surface area contributed by atoms with E-state index in [1.54, 1.807) is 23.7 Å². The smallest absolute Gasteiger partial charge is 0.286 e. The lowest BCUT2D eigenvalue weighted by atomic mass is 10.2. The van der Waals surface area contributed by atoms with Crippen LogP contribution in [0.2, 0.25) is 5.02 Å². The molecule has 1 heterocycles. The number of aromatic nitrogens is 1. The van der Waals surface area contributed by atoms with Gasteiger partial charge in [0.05, 0.1) is 29.4 Å². The van der Waals surface area contributed by atoms with E-state index in [0.29, 0.717) is 16.3 Å². The lowest BCUT2D eigenvalue weighted by molar-refractivity contribution is -0.385. The molecule has 0 aliphatic heterocycles. The van der Waals surface area contributed by atoms with E-state index in [2.05, 4.69) is 4.99 Å². The third-order valence-corrected chi connectivity index (χ3v) is 5.23. The van der Waals surface area contributed by atoms with Crippen molar-refractivity contribution in [3.63, 3.8) is 0 Å². The van der Waals surface area contributed by atoms with Gasteiger partial charge in [0, 0.05) is 30.3 Å². The average molecular weight is 408 g/mol. The molecular formula is C17H14ClN3O5S. The number of carbonyl (C=O) groups is 1. The summed E-state index contributed by atoms with van der Waals surface area (Å²) in [6, 6.07) is 7.34. The monoisotopic (exact) mass is 407 g/mol. The van der Waals surface area contributed by atoms with Crippen LogP contribution in [0.1, 0.15) is 10.4 Å². The number of nitro groups is 1. The van der Waals surface area contributed by atoms with Gasteiger partial charge in [0.15, 0.2) is 16.3 Å². The maximum Gasteiger partial charge on any atom is 0.286 e. The molecule has 0 saturated carbocycles. The lowest BCUT2D eigenvalue weighted by Gasteiger charge is -2.07. The zero-order valence-corrected chi connectivity index (χ0v) is 16.1. The van der Waals surface area contributed by atoms with E-state index < -0.39 is 10.8 Å². The van der Waals surface area contributed by atoms with Gasteiger partial charge in [0.2, 0.25) is 0 Å². The highest BCUT2D eigenvalue weighted by molar-refractivity contribution is 7.16.